The van der Waals surface area contributed by atoms with Crippen molar-refractivity contribution in [2.24, 2.45) is 5.73 Å². The molecule has 0 aliphatic carbocycles. The lowest BCUT2D eigenvalue weighted by Gasteiger charge is -2.26. The number of rotatable bonds is 2. The quantitative estimate of drug-likeness (QED) is 0.618. The van der Waals surface area contributed by atoms with Crippen molar-refractivity contribution in [1.82, 2.24) is 4.90 Å². The van der Waals surface area contributed by atoms with Crippen LogP contribution in [0.5, 0.6) is 0 Å². The molecule has 1 rings (SSSR count). The van der Waals surface area contributed by atoms with E-state index in [0.717, 1.165) is 13.0 Å². The monoisotopic (exact) mass is 138 g/mol. The van der Waals surface area contributed by atoms with Crippen LogP contribution in [0.3, 0.4) is 0 Å². The second-order valence-corrected chi connectivity index (χ2v) is 2.45. The van der Waals surface area contributed by atoms with E-state index in [-0.39, 0.29) is 6.17 Å². The smallest absolute Gasteiger partial charge is 0.0959 e. The van der Waals surface area contributed by atoms with Gasteiger partial charge in [0, 0.05) is 12.7 Å². The maximum Gasteiger partial charge on any atom is 0.0959 e. The topological polar surface area (TPSA) is 29.3 Å². The maximum atomic E-state index is 5.75. The minimum absolute atomic E-state index is 0.0879. The van der Waals surface area contributed by atoms with Crippen molar-refractivity contribution in [3.8, 4) is 0 Å². The Morgan fingerprint density at radius 2 is 2.30 bits per heavy atom. The third-order valence-electron chi connectivity index (χ3n) is 1.56. The Kier molecular flexibility index (Phi) is 2.51. The lowest BCUT2D eigenvalue weighted by molar-refractivity contribution is 0.322. The van der Waals surface area contributed by atoms with Crippen LogP contribution in [0.2, 0.25) is 0 Å². The van der Waals surface area contributed by atoms with Gasteiger partial charge in [0.05, 0.1) is 6.17 Å². The standard InChI is InChI=1S/C8H14N2/c1-2-6-10-7-4-3-5-8(10)9/h3-5,7-8H,2,6,9H2,1H3. The van der Waals surface area contributed by atoms with Crippen LogP contribution in [0, 0.1) is 0 Å². The first-order chi connectivity index (χ1) is 4.84. The largest absolute Gasteiger partial charge is 0.359 e. The van der Waals surface area contributed by atoms with Gasteiger partial charge in [-0.05, 0) is 18.6 Å². The molecule has 0 aromatic rings. The van der Waals surface area contributed by atoms with Gasteiger partial charge >= 0.3 is 0 Å². The highest BCUT2D eigenvalue weighted by molar-refractivity contribution is 5.11. The fraction of sp³-hybridized carbons (Fsp3) is 0.500. The Labute approximate surface area is 62.0 Å². The van der Waals surface area contributed by atoms with Crippen LogP contribution in [-0.4, -0.2) is 17.6 Å². The average molecular weight is 138 g/mol. The van der Waals surface area contributed by atoms with Gasteiger partial charge in [0.1, 0.15) is 0 Å². The van der Waals surface area contributed by atoms with Gasteiger partial charge in [0.15, 0.2) is 0 Å². The molecule has 0 spiro atoms. The predicted octanol–water partition coefficient (Wildman–Crippen LogP) is 1.07. The summed E-state index contributed by atoms with van der Waals surface area (Å²) in [4.78, 5) is 2.12. The van der Waals surface area contributed by atoms with Crippen LogP contribution in [0.1, 0.15) is 13.3 Å². The number of allylic oxidation sites excluding steroid dienone is 2. The molecule has 0 amide bonds. The Morgan fingerprint density at radius 1 is 1.50 bits per heavy atom. The van der Waals surface area contributed by atoms with Gasteiger partial charge in [0.25, 0.3) is 0 Å². The minimum Gasteiger partial charge on any atom is -0.359 e. The van der Waals surface area contributed by atoms with E-state index in [1.54, 1.807) is 0 Å². The van der Waals surface area contributed by atoms with E-state index in [4.69, 9.17) is 5.73 Å². The number of nitrogens with zero attached hydrogens (tertiary/aromatic N) is 1. The first-order valence-electron chi connectivity index (χ1n) is 3.71. The van der Waals surface area contributed by atoms with E-state index < -0.39 is 0 Å². The minimum atomic E-state index is 0.0879. The molecular weight excluding hydrogens is 124 g/mol. The maximum absolute atomic E-state index is 5.75. The lowest BCUT2D eigenvalue weighted by atomic mass is 10.3. The Balaban J connectivity index is 2.44. The van der Waals surface area contributed by atoms with Crippen LogP contribution in [0.25, 0.3) is 0 Å². The van der Waals surface area contributed by atoms with Crippen molar-refractivity contribution in [3.05, 3.63) is 24.4 Å². The van der Waals surface area contributed by atoms with Gasteiger partial charge in [-0.15, -0.1) is 0 Å². The third kappa shape index (κ3) is 1.61. The molecule has 0 aromatic heterocycles. The highest BCUT2D eigenvalue weighted by Crippen LogP contribution is 2.03. The van der Waals surface area contributed by atoms with Crippen molar-refractivity contribution in [2.45, 2.75) is 19.5 Å². The molecule has 1 heterocycles. The molecule has 0 bridgehead atoms. The molecule has 0 fully saturated rings. The van der Waals surface area contributed by atoms with E-state index in [0.29, 0.717) is 0 Å². The molecule has 0 saturated carbocycles. The van der Waals surface area contributed by atoms with Crippen molar-refractivity contribution < 1.29 is 0 Å². The molecule has 1 aliphatic rings. The summed E-state index contributed by atoms with van der Waals surface area (Å²) in [6.45, 7) is 3.20. The van der Waals surface area contributed by atoms with E-state index in [1.807, 2.05) is 24.4 Å². The zero-order valence-electron chi connectivity index (χ0n) is 6.33. The zero-order valence-corrected chi connectivity index (χ0v) is 6.33. The number of hydrogen-bond donors (Lipinski definition) is 1. The summed E-state index contributed by atoms with van der Waals surface area (Å²) in [5, 5.41) is 0. The summed E-state index contributed by atoms with van der Waals surface area (Å²) in [6.07, 6.45) is 9.26. The molecule has 0 saturated heterocycles. The van der Waals surface area contributed by atoms with Crippen LogP contribution >= 0.6 is 0 Å². The summed E-state index contributed by atoms with van der Waals surface area (Å²) >= 11 is 0. The fourth-order valence-corrected chi connectivity index (χ4v) is 1.03. The Morgan fingerprint density at radius 3 is 2.90 bits per heavy atom. The van der Waals surface area contributed by atoms with Gasteiger partial charge in [0.2, 0.25) is 0 Å². The van der Waals surface area contributed by atoms with Crippen LogP contribution < -0.4 is 5.73 Å². The highest BCUT2D eigenvalue weighted by atomic mass is 15.2. The summed E-state index contributed by atoms with van der Waals surface area (Å²) in [6, 6.07) is 0. The van der Waals surface area contributed by atoms with E-state index >= 15 is 0 Å². The molecule has 0 aromatic carbocycles. The number of hydrogen-bond acceptors (Lipinski definition) is 2. The second-order valence-electron chi connectivity index (χ2n) is 2.45. The molecule has 56 valence electrons. The highest BCUT2D eigenvalue weighted by Gasteiger charge is 2.06. The molecule has 2 heteroatoms. The van der Waals surface area contributed by atoms with Crippen molar-refractivity contribution in [2.75, 3.05) is 6.54 Å². The average Bonchev–Trinajstić information content (AvgIpc) is 1.94. The molecular formula is C8H14N2. The lowest BCUT2D eigenvalue weighted by Crippen LogP contribution is -2.38. The van der Waals surface area contributed by atoms with E-state index in [2.05, 4.69) is 11.8 Å². The van der Waals surface area contributed by atoms with Crippen molar-refractivity contribution in [3.63, 3.8) is 0 Å². The summed E-state index contributed by atoms with van der Waals surface area (Å²) < 4.78 is 0. The zero-order chi connectivity index (χ0) is 7.40. The number of nitrogens with two attached hydrogens (primary N) is 1. The van der Waals surface area contributed by atoms with E-state index in [1.165, 1.54) is 0 Å². The van der Waals surface area contributed by atoms with Crippen LogP contribution in [0.4, 0.5) is 0 Å². The molecule has 2 N–H and O–H groups in total. The molecule has 2 nitrogen and oxygen atoms in total. The predicted molar refractivity (Wildman–Crippen MR) is 43.3 cm³/mol. The molecule has 1 unspecified atom stereocenters. The molecule has 0 radical (unpaired) electrons. The molecule has 10 heavy (non-hydrogen) atoms. The van der Waals surface area contributed by atoms with E-state index in [9.17, 15) is 0 Å². The van der Waals surface area contributed by atoms with Gasteiger partial charge in [-0.2, -0.15) is 0 Å². The molecule has 1 atom stereocenters. The fourth-order valence-electron chi connectivity index (χ4n) is 1.03. The first-order valence-corrected chi connectivity index (χ1v) is 3.71. The van der Waals surface area contributed by atoms with Gasteiger partial charge in [-0.25, -0.2) is 0 Å². The van der Waals surface area contributed by atoms with Crippen LogP contribution in [-0.2, 0) is 0 Å². The third-order valence-corrected chi connectivity index (χ3v) is 1.56. The first kappa shape index (κ1) is 7.35. The SMILES string of the molecule is CCCN1C=CC=CC1N. The van der Waals surface area contributed by atoms with Gasteiger partial charge in [-0.1, -0.05) is 13.0 Å². The Bertz CT molecular complexity index is 149. The summed E-state index contributed by atoms with van der Waals surface area (Å²) in [7, 11) is 0. The Hall–Kier alpha value is -0.760. The van der Waals surface area contributed by atoms with Crippen LogP contribution in [0.15, 0.2) is 24.4 Å². The normalized spacial score (nSPS) is 23.8. The van der Waals surface area contributed by atoms with Gasteiger partial charge in [-0.3, -0.25) is 0 Å². The van der Waals surface area contributed by atoms with Crippen molar-refractivity contribution in [1.29, 1.82) is 0 Å². The molecule has 1 aliphatic heterocycles. The summed E-state index contributed by atoms with van der Waals surface area (Å²) in [5.41, 5.74) is 5.75. The second kappa shape index (κ2) is 3.42. The van der Waals surface area contributed by atoms with Crippen molar-refractivity contribution >= 4 is 0 Å². The summed E-state index contributed by atoms with van der Waals surface area (Å²) in [5.74, 6) is 0. The van der Waals surface area contributed by atoms with Gasteiger partial charge < -0.3 is 10.6 Å².